The highest BCUT2D eigenvalue weighted by Gasteiger charge is 2.29. The van der Waals surface area contributed by atoms with Crippen molar-refractivity contribution in [2.45, 2.75) is 71.6 Å². The van der Waals surface area contributed by atoms with Gasteiger partial charge in [-0.25, -0.2) is 0 Å². The maximum atomic E-state index is 11.5. The van der Waals surface area contributed by atoms with Gasteiger partial charge in [0.25, 0.3) is 0 Å². The summed E-state index contributed by atoms with van der Waals surface area (Å²) >= 11 is 0. The Morgan fingerprint density at radius 1 is 1.45 bits per heavy atom. The molecule has 1 heterocycles. The molecule has 5 heteroatoms. The van der Waals surface area contributed by atoms with Crippen LogP contribution in [0.5, 0.6) is 0 Å². The van der Waals surface area contributed by atoms with Crippen LogP contribution in [0.25, 0.3) is 0 Å². The van der Waals surface area contributed by atoms with Crippen molar-refractivity contribution >= 4 is 5.97 Å². The van der Waals surface area contributed by atoms with Gasteiger partial charge in [0.15, 0.2) is 6.29 Å². The molecular formula is C15H29NO4. The summed E-state index contributed by atoms with van der Waals surface area (Å²) in [4.78, 5) is 17.1. The SMILES string of the molecule is CCC[C@H](NOC1CCCCO1)[C@@H](CC(C)C)C(=O)O. The summed E-state index contributed by atoms with van der Waals surface area (Å²) in [7, 11) is 0. The lowest BCUT2D eigenvalue weighted by Crippen LogP contribution is -2.43. The fourth-order valence-corrected chi connectivity index (χ4v) is 2.57. The van der Waals surface area contributed by atoms with Crippen LogP contribution >= 0.6 is 0 Å². The molecule has 118 valence electrons. The van der Waals surface area contributed by atoms with Crippen molar-refractivity contribution in [1.82, 2.24) is 5.48 Å². The summed E-state index contributed by atoms with van der Waals surface area (Å²) in [6, 6.07) is -0.162. The zero-order chi connectivity index (χ0) is 15.0. The largest absolute Gasteiger partial charge is 0.481 e. The van der Waals surface area contributed by atoms with E-state index in [1.54, 1.807) is 0 Å². The Balaban J connectivity index is 2.52. The number of hydrogen-bond acceptors (Lipinski definition) is 4. The van der Waals surface area contributed by atoms with Crippen molar-refractivity contribution in [3.05, 3.63) is 0 Å². The first-order chi connectivity index (χ1) is 9.54. The zero-order valence-corrected chi connectivity index (χ0v) is 12.9. The minimum absolute atomic E-state index is 0.162. The van der Waals surface area contributed by atoms with Crippen molar-refractivity contribution in [3.8, 4) is 0 Å². The van der Waals surface area contributed by atoms with Crippen LogP contribution in [-0.4, -0.2) is 30.0 Å². The van der Waals surface area contributed by atoms with Crippen LogP contribution in [-0.2, 0) is 14.4 Å². The van der Waals surface area contributed by atoms with Crippen LogP contribution in [0, 0.1) is 11.8 Å². The van der Waals surface area contributed by atoms with E-state index >= 15 is 0 Å². The first kappa shape index (κ1) is 17.4. The molecule has 0 bridgehead atoms. The van der Waals surface area contributed by atoms with Crippen molar-refractivity contribution in [3.63, 3.8) is 0 Å². The third-order valence-electron chi connectivity index (χ3n) is 3.62. The summed E-state index contributed by atoms with van der Waals surface area (Å²) in [5.41, 5.74) is 2.97. The van der Waals surface area contributed by atoms with Crippen molar-refractivity contribution < 1.29 is 19.5 Å². The number of ether oxygens (including phenoxy) is 1. The molecule has 1 aliphatic rings. The number of hydrogen-bond donors (Lipinski definition) is 2. The van der Waals surface area contributed by atoms with Crippen molar-refractivity contribution in [2.75, 3.05) is 6.61 Å². The third kappa shape index (κ3) is 6.20. The predicted octanol–water partition coefficient (Wildman–Crippen LogP) is 2.95. The Bertz CT molecular complexity index is 277. The van der Waals surface area contributed by atoms with E-state index in [1.165, 1.54) is 0 Å². The van der Waals surface area contributed by atoms with Crippen molar-refractivity contribution in [1.29, 1.82) is 0 Å². The third-order valence-corrected chi connectivity index (χ3v) is 3.62. The molecule has 0 aromatic rings. The Labute approximate surface area is 122 Å². The molecule has 1 saturated heterocycles. The van der Waals surface area contributed by atoms with Crippen LogP contribution in [0.3, 0.4) is 0 Å². The fraction of sp³-hybridized carbons (Fsp3) is 0.933. The van der Waals surface area contributed by atoms with Crippen LogP contribution in [0.1, 0.15) is 59.3 Å². The van der Waals surface area contributed by atoms with E-state index in [9.17, 15) is 9.90 Å². The molecule has 0 saturated carbocycles. The molecule has 1 rings (SSSR count). The number of rotatable bonds is 9. The second-order valence-corrected chi connectivity index (χ2v) is 6.00. The smallest absolute Gasteiger partial charge is 0.308 e. The van der Waals surface area contributed by atoms with Gasteiger partial charge >= 0.3 is 5.97 Å². The molecule has 1 fully saturated rings. The summed E-state index contributed by atoms with van der Waals surface area (Å²) < 4.78 is 5.50. The molecule has 0 amide bonds. The molecule has 3 atom stereocenters. The van der Waals surface area contributed by atoms with Crippen LogP contribution in [0.15, 0.2) is 0 Å². The monoisotopic (exact) mass is 287 g/mol. The molecule has 0 aromatic carbocycles. The molecule has 1 unspecified atom stereocenters. The molecule has 20 heavy (non-hydrogen) atoms. The maximum absolute atomic E-state index is 11.5. The molecule has 0 radical (unpaired) electrons. The van der Waals surface area contributed by atoms with Gasteiger partial charge in [-0.1, -0.05) is 27.2 Å². The Kier molecular flexibility index (Phi) is 8.11. The highest BCUT2D eigenvalue weighted by atomic mass is 16.8. The molecule has 0 aliphatic carbocycles. The first-order valence-electron chi connectivity index (χ1n) is 7.80. The van der Waals surface area contributed by atoms with Gasteiger partial charge in [-0.15, -0.1) is 0 Å². The minimum atomic E-state index is -0.752. The molecule has 0 aromatic heterocycles. The fourth-order valence-electron chi connectivity index (χ4n) is 2.57. The standard InChI is InChI=1S/C15H29NO4/c1-4-7-13(12(15(17)18)10-11(2)3)16-20-14-8-5-6-9-19-14/h11-14,16H,4-10H2,1-3H3,(H,17,18)/t12-,13+,14?/m1/s1. The number of carboxylic acid groups (broad SMARTS) is 1. The van der Waals surface area contributed by atoms with Gasteiger partial charge in [0.05, 0.1) is 5.92 Å². The second kappa shape index (κ2) is 9.32. The van der Waals surface area contributed by atoms with Gasteiger partial charge in [0.2, 0.25) is 0 Å². The van der Waals surface area contributed by atoms with E-state index in [-0.39, 0.29) is 12.3 Å². The van der Waals surface area contributed by atoms with Gasteiger partial charge in [0, 0.05) is 19.1 Å². The summed E-state index contributed by atoms with van der Waals surface area (Å²) in [6.07, 6.45) is 5.17. The van der Waals surface area contributed by atoms with E-state index < -0.39 is 11.9 Å². The van der Waals surface area contributed by atoms with Crippen LogP contribution in [0.4, 0.5) is 0 Å². The minimum Gasteiger partial charge on any atom is -0.481 e. The Morgan fingerprint density at radius 2 is 2.20 bits per heavy atom. The Morgan fingerprint density at radius 3 is 2.70 bits per heavy atom. The summed E-state index contributed by atoms with van der Waals surface area (Å²) in [5, 5.41) is 9.43. The van der Waals surface area contributed by atoms with E-state index in [0.29, 0.717) is 12.3 Å². The van der Waals surface area contributed by atoms with Gasteiger partial charge in [-0.3, -0.25) is 9.63 Å². The molecular weight excluding hydrogens is 258 g/mol. The van der Waals surface area contributed by atoms with Gasteiger partial charge in [-0.05, 0) is 31.6 Å². The lowest BCUT2D eigenvalue weighted by Gasteiger charge is -2.29. The van der Waals surface area contributed by atoms with Crippen LogP contribution < -0.4 is 5.48 Å². The first-order valence-corrected chi connectivity index (χ1v) is 7.80. The lowest BCUT2D eigenvalue weighted by molar-refractivity contribution is -0.208. The van der Waals surface area contributed by atoms with Crippen molar-refractivity contribution in [2.24, 2.45) is 11.8 Å². The lowest BCUT2D eigenvalue weighted by atomic mass is 9.88. The number of hydroxylamine groups is 1. The quantitative estimate of drug-likeness (QED) is 0.638. The summed E-state index contributed by atoms with van der Waals surface area (Å²) in [5.74, 6) is -0.820. The summed E-state index contributed by atoms with van der Waals surface area (Å²) in [6.45, 7) is 6.87. The number of aliphatic carboxylic acids is 1. The van der Waals surface area contributed by atoms with Gasteiger partial charge < -0.3 is 9.84 Å². The number of carboxylic acids is 1. The topological polar surface area (TPSA) is 67.8 Å². The van der Waals surface area contributed by atoms with E-state index in [4.69, 9.17) is 9.57 Å². The van der Waals surface area contributed by atoms with E-state index in [1.807, 2.05) is 13.8 Å². The predicted molar refractivity (Wildman–Crippen MR) is 77.1 cm³/mol. The molecule has 0 spiro atoms. The number of nitrogens with one attached hydrogen (secondary N) is 1. The number of carbonyl (C=O) groups is 1. The molecule has 5 nitrogen and oxygen atoms in total. The highest BCUT2D eigenvalue weighted by Crippen LogP contribution is 2.21. The average Bonchev–Trinajstić information content (AvgIpc) is 2.42. The average molecular weight is 287 g/mol. The molecule has 1 aliphatic heterocycles. The Hall–Kier alpha value is -0.650. The maximum Gasteiger partial charge on any atom is 0.308 e. The van der Waals surface area contributed by atoms with E-state index in [2.05, 4.69) is 12.4 Å². The normalized spacial score (nSPS) is 22.7. The molecule has 2 N–H and O–H groups in total. The zero-order valence-electron chi connectivity index (χ0n) is 12.9. The highest BCUT2D eigenvalue weighted by molar-refractivity contribution is 5.70. The van der Waals surface area contributed by atoms with E-state index in [0.717, 1.165) is 38.7 Å². The van der Waals surface area contributed by atoms with Crippen LogP contribution in [0.2, 0.25) is 0 Å². The second-order valence-electron chi connectivity index (χ2n) is 6.00. The van der Waals surface area contributed by atoms with Gasteiger partial charge in [0.1, 0.15) is 0 Å². The van der Waals surface area contributed by atoms with Gasteiger partial charge in [-0.2, -0.15) is 5.48 Å².